The number of likely N-dealkylation sites (tertiary alicyclic amines) is 1. The first-order valence-electron chi connectivity index (χ1n) is 10.1. The number of primary amides is 1. The van der Waals surface area contributed by atoms with E-state index in [4.69, 9.17) is 11.0 Å². The third-order valence-electron chi connectivity index (χ3n) is 5.37. The molecule has 1 aromatic heterocycles. The van der Waals surface area contributed by atoms with Crippen molar-refractivity contribution in [1.29, 1.82) is 5.26 Å². The third-order valence-corrected chi connectivity index (χ3v) is 5.37. The molecule has 1 aliphatic heterocycles. The molecule has 1 fully saturated rings. The number of benzene rings is 2. The third kappa shape index (κ3) is 4.41. The minimum atomic E-state index is -0.535. The fourth-order valence-corrected chi connectivity index (χ4v) is 3.85. The van der Waals surface area contributed by atoms with Crippen molar-refractivity contribution in [3.63, 3.8) is 0 Å². The lowest BCUT2D eigenvalue weighted by atomic mass is 9.92. The minimum absolute atomic E-state index is 0.0996. The molecule has 2 aromatic carbocycles. The molecule has 1 saturated heterocycles. The molecule has 1 atom stereocenters. The highest BCUT2D eigenvalue weighted by atomic mass is 16.2. The van der Waals surface area contributed by atoms with Crippen LogP contribution in [0.15, 0.2) is 60.8 Å². The average molecular weight is 414 g/mol. The number of aromatic nitrogens is 2. The van der Waals surface area contributed by atoms with Crippen molar-refractivity contribution in [2.45, 2.75) is 18.8 Å². The van der Waals surface area contributed by atoms with Gasteiger partial charge in [0.15, 0.2) is 0 Å². The summed E-state index contributed by atoms with van der Waals surface area (Å²) >= 11 is 0. The van der Waals surface area contributed by atoms with Crippen LogP contribution in [0.5, 0.6) is 0 Å². The van der Waals surface area contributed by atoms with E-state index in [2.05, 4.69) is 16.5 Å². The van der Waals surface area contributed by atoms with Crippen molar-refractivity contribution >= 4 is 17.6 Å². The number of nitrogens with one attached hydrogen (secondary N) is 1. The highest BCUT2D eigenvalue weighted by Crippen LogP contribution is 2.29. The van der Waals surface area contributed by atoms with Crippen molar-refractivity contribution in [3.8, 4) is 11.8 Å². The molecule has 3 aromatic rings. The summed E-state index contributed by atoms with van der Waals surface area (Å²) in [7, 11) is 0. The van der Waals surface area contributed by atoms with Crippen LogP contribution in [0.25, 0.3) is 5.69 Å². The monoisotopic (exact) mass is 414 g/mol. The molecule has 156 valence electrons. The summed E-state index contributed by atoms with van der Waals surface area (Å²) in [6, 6.07) is 18.1. The summed E-state index contributed by atoms with van der Waals surface area (Å²) in [6.07, 6.45) is 3.24. The van der Waals surface area contributed by atoms with Crippen molar-refractivity contribution in [1.82, 2.24) is 14.7 Å². The number of anilines is 1. The number of rotatable bonds is 4. The van der Waals surface area contributed by atoms with E-state index in [1.54, 1.807) is 40.0 Å². The molecule has 0 bridgehead atoms. The van der Waals surface area contributed by atoms with Gasteiger partial charge in [-0.15, -0.1) is 0 Å². The Labute approximate surface area is 179 Å². The van der Waals surface area contributed by atoms with Gasteiger partial charge >= 0.3 is 6.03 Å². The highest BCUT2D eigenvalue weighted by molar-refractivity contribution is 5.94. The lowest BCUT2D eigenvalue weighted by molar-refractivity contribution is 0.0998. The molecule has 0 unspecified atom stereocenters. The molecule has 0 spiro atoms. The summed E-state index contributed by atoms with van der Waals surface area (Å²) < 4.78 is 1.65. The number of carbonyl (C=O) groups excluding carboxylic acids is 2. The van der Waals surface area contributed by atoms with Gasteiger partial charge in [0.25, 0.3) is 5.91 Å². The molecule has 4 rings (SSSR count). The molecule has 3 amide bonds. The molecule has 0 saturated carbocycles. The van der Waals surface area contributed by atoms with Gasteiger partial charge in [-0.2, -0.15) is 10.4 Å². The summed E-state index contributed by atoms with van der Waals surface area (Å²) in [6.45, 7) is 1.03. The predicted octanol–water partition coefficient (Wildman–Crippen LogP) is 3.25. The van der Waals surface area contributed by atoms with E-state index in [9.17, 15) is 9.59 Å². The number of nitrogens with two attached hydrogens (primary N) is 1. The molecule has 8 nitrogen and oxygen atoms in total. The summed E-state index contributed by atoms with van der Waals surface area (Å²) in [5.41, 5.74) is 8.49. The van der Waals surface area contributed by atoms with E-state index in [-0.39, 0.29) is 11.9 Å². The fraction of sp³-hybridized carbons (Fsp3) is 0.217. The number of hydrogen-bond donors (Lipinski definition) is 2. The molecule has 1 aliphatic rings. The first-order valence-corrected chi connectivity index (χ1v) is 10.1. The number of hydrogen-bond acceptors (Lipinski definition) is 4. The van der Waals surface area contributed by atoms with Crippen LogP contribution in [0.2, 0.25) is 0 Å². The van der Waals surface area contributed by atoms with Crippen LogP contribution in [-0.4, -0.2) is 39.7 Å². The maximum atomic E-state index is 12.8. The van der Waals surface area contributed by atoms with Crippen LogP contribution in [0.3, 0.4) is 0 Å². The first-order chi connectivity index (χ1) is 15.0. The Bertz CT molecular complexity index is 1150. The zero-order valence-corrected chi connectivity index (χ0v) is 16.9. The lowest BCUT2D eigenvalue weighted by Gasteiger charge is -2.32. The van der Waals surface area contributed by atoms with E-state index in [0.717, 1.165) is 18.5 Å². The van der Waals surface area contributed by atoms with Crippen LogP contribution >= 0.6 is 0 Å². The molecule has 0 aliphatic carbocycles. The van der Waals surface area contributed by atoms with Crippen molar-refractivity contribution < 1.29 is 9.59 Å². The van der Waals surface area contributed by atoms with Crippen molar-refractivity contribution in [2.24, 2.45) is 5.73 Å². The maximum Gasteiger partial charge on any atom is 0.321 e. The quantitative estimate of drug-likeness (QED) is 0.681. The summed E-state index contributed by atoms with van der Waals surface area (Å²) in [5, 5.41) is 16.5. The number of para-hydroxylation sites is 1. The number of piperidine rings is 1. The Hall–Kier alpha value is -4.12. The second-order valence-electron chi connectivity index (χ2n) is 7.48. The van der Waals surface area contributed by atoms with Gasteiger partial charge in [0.1, 0.15) is 0 Å². The van der Waals surface area contributed by atoms with Crippen molar-refractivity contribution in [2.75, 3.05) is 18.4 Å². The van der Waals surface area contributed by atoms with Gasteiger partial charge in [-0.05, 0) is 43.2 Å². The lowest BCUT2D eigenvalue weighted by Crippen LogP contribution is -2.42. The molecule has 0 radical (unpaired) electrons. The molecular formula is C23H22N6O2. The van der Waals surface area contributed by atoms with Gasteiger partial charge in [0.05, 0.1) is 28.6 Å². The van der Waals surface area contributed by atoms with Crippen LogP contribution in [0.4, 0.5) is 10.5 Å². The van der Waals surface area contributed by atoms with Crippen LogP contribution in [0, 0.1) is 11.3 Å². The van der Waals surface area contributed by atoms with E-state index in [1.807, 2.05) is 30.3 Å². The van der Waals surface area contributed by atoms with E-state index < -0.39 is 5.91 Å². The molecule has 3 N–H and O–H groups in total. The van der Waals surface area contributed by atoms with Crippen molar-refractivity contribution in [3.05, 3.63) is 77.6 Å². The Morgan fingerprint density at radius 2 is 1.97 bits per heavy atom. The van der Waals surface area contributed by atoms with Gasteiger partial charge in [-0.1, -0.05) is 24.3 Å². The number of urea groups is 1. The van der Waals surface area contributed by atoms with Crippen LogP contribution < -0.4 is 11.1 Å². The van der Waals surface area contributed by atoms with Gasteiger partial charge in [0.2, 0.25) is 0 Å². The zero-order valence-electron chi connectivity index (χ0n) is 16.9. The normalized spacial score (nSPS) is 15.8. The van der Waals surface area contributed by atoms with Gasteiger partial charge in [0, 0.05) is 30.9 Å². The number of carbonyl (C=O) groups is 2. The highest BCUT2D eigenvalue weighted by Gasteiger charge is 2.30. The predicted molar refractivity (Wildman–Crippen MR) is 116 cm³/mol. The van der Waals surface area contributed by atoms with Crippen LogP contribution in [0.1, 0.15) is 40.4 Å². The number of nitriles is 1. The zero-order chi connectivity index (χ0) is 21.8. The SMILES string of the molecule is N#Cc1cccc(NC(=O)N2CCC[C@@H](c3nn(-c4ccccc4)cc3C(N)=O)C2)c1. The van der Waals surface area contributed by atoms with E-state index in [0.29, 0.717) is 35.6 Å². The standard InChI is InChI=1S/C23H22N6O2/c24-13-16-6-4-8-18(12-16)26-23(31)28-11-5-7-17(14-28)21-20(22(25)30)15-29(27-21)19-9-2-1-3-10-19/h1-4,6,8-10,12,15,17H,5,7,11,14H2,(H2,25,30)(H,26,31)/t17-/m1/s1. The molecule has 2 heterocycles. The number of amides is 3. The summed E-state index contributed by atoms with van der Waals surface area (Å²) in [5.74, 6) is -0.635. The Morgan fingerprint density at radius 3 is 2.71 bits per heavy atom. The summed E-state index contributed by atoms with van der Waals surface area (Å²) in [4.78, 5) is 26.6. The topological polar surface area (TPSA) is 117 Å². The van der Waals surface area contributed by atoms with E-state index >= 15 is 0 Å². The largest absolute Gasteiger partial charge is 0.365 e. The Morgan fingerprint density at radius 1 is 1.16 bits per heavy atom. The van der Waals surface area contributed by atoms with Gasteiger partial charge in [-0.3, -0.25) is 4.79 Å². The van der Waals surface area contributed by atoms with Gasteiger partial charge < -0.3 is 16.0 Å². The maximum absolute atomic E-state index is 12.8. The molecule has 31 heavy (non-hydrogen) atoms. The smallest absolute Gasteiger partial charge is 0.321 e. The fourth-order valence-electron chi connectivity index (χ4n) is 3.85. The average Bonchev–Trinajstić information content (AvgIpc) is 3.26. The Balaban J connectivity index is 1.54. The molecular weight excluding hydrogens is 392 g/mol. The van der Waals surface area contributed by atoms with Crippen LogP contribution in [-0.2, 0) is 0 Å². The number of nitrogens with zero attached hydrogens (tertiary/aromatic N) is 4. The van der Waals surface area contributed by atoms with Gasteiger partial charge in [-0.25, -0.2) is 9.48 Å². The minimum Gasteiger partial charge on any atom is -0.365 e. The van der Waals surface area contributed by atoms with E-state index in [1.165, 1.54) is 0 Å². The Kier molecular flexibility index (Phi) is 5.67. The molecule has 8 heteroatoms. The first kappa shape index (κ1) is 20.2. The second kappa shape index (κ2) is 8.71. The second-order valence-corrected chi connectivity index (χ2v) is 7.48.